The van der Waals surface area contributed by atoms with Gasteiger partial charge in [0.1, 0.15) is 6.54 Å². The first kappa shape index (κ1) is 22.4. The summed E-state index contributed by atoms with van der Waals surface area (Å²) in [6, 6.07) is 12.2. The molecule has 2 rings (SSSR count). The van der Waals surface area contributed by atoms with Crippen molar-refractivity contribution >= 4 is 47.2 Å². The minimum atomic E-state index is -0.0690. The largest absolute Gasteiger partial charge is 0.357 e. The van der Waals surface area contributed by atoms with Crippen LogP contribution in [0.15, 0.2) is 46.8 Å². The Bertz CT molecular complexity index is 688. The maximum atomic E-state index is 12.0. The Kier molecular flexibility index (Phi) is 11.0. The molecular weight excluding hydrogens is 459 g/mol. The van der Waals surface area contributed by atoms with Crippen molar-refractivity contribution in [2.75, 3.05) is 19.6 Å². The predicted molar refractivity (Wildman–Crippen MR) is 120 cm³/mol. The Morgan fingerprint density at radius 1 is 1.12 bits per heavy atom. The molecule has 0 saturated heterocycles. The summed E-state index contributed by atoms with van der Waals surface area (Å²) in [5.74, 6) is 0.592. The molecule has 0 unspecified atom stereocenters. The Hall–Kier alpha value is -1.61. The van der Waals surface area contributed by atoms with Crippen LogP contribution < -0.4 is 16.0 Å². The van der Waals surface area contributed by atoms with E-state index in [0.29, 0.717) is 19.0 Å². The molecule has 2 aromatic rings. The van der Waals surface area contributed by atoms with Crippen molar-refractivity contribution < 1.29 is 4.79 Å². The van der Waals surface area contributed by atoms with Crippen LogP contribution in [-0.2, 0) is 17.8 Å². The molecule has 0 atom stereocenters. The third-order valence-electron chi connectivity index (χ3n) is 3.69. The average molecular weight is 486 g/mol. The van der Waals surface area contributed by atoms with Crippen molar-refractivity contribution in [3.05, 3.63) is 57.8 Å². The van der Waals surface area contributed by atoms with Crippen LogP contribution in [0.5, 0.6) is 0 Å². The second kappa shape index (κ2) is 12.7. The van der Waals surface area contributed by atoms with Crippen LogP contribution in [-0.4, -0.2) is 31.5 Å². The fourth-order valence-electron chi connectivity index (χ4n) is 2.29. The van der Waals surface area contributed by atoms with Gasteiger partial charge in [0.2, 0.25) is 5.91 Å². The molecule has 1 amide bonds. The minimum Gasteiger partial charge on any atom is -0.357 e. The van der Waals surface area contributed by atoms with E-state index in [1.54, 1.807) is 11.3 Å². The van der Waals surface area contributed by atoms with E-state index in [-0.39, 0.29) is 36.4 Å². The molecule has 0 aliphatic heterocycles. The standard InChI is InChI=1S/C19H26N4OS.HI/c1-3-20-19(22-13-17-15(2)10-12-25-17)23-14-18(24)21-11-9-16-7-5-4-6-8-16;/h4-8,10,12H,3,9,11,13-14H2,1-2H3,(H,21,24)(H2,20,22,23);1H. The zero-order valence-electron chi connectivity index (χ0n) is 15.2. The van der Waals surface area contributed by atoms with Gasteiger partial charge < -0.3 is 16.0 Å². The number of thiophene rings is 1. The summed E-state index contributed by atoms with van der Waals surface area (Å²) in [6.07, 6.45) is 0.826. The molecule has 0 radical (unpaired) electrons. The van der Waals surface area contributed by atoms with Gasteiger partial charge in [-0.3, -0.25) is 4.79 Å². The van der Waals surface area contributed by atoms with Crippen molar-refractivity contribution in [2.24, 2.45) is 4.99 Å². The molecule has 0 spiro atoms. The van der Waals surface area contributed by atoms with Crippen molar-refractivity contribution in [1.29, 1.82) is 0 Å². The summed E-state index contributed by atoms with van der Waals surface area (Å²) in [4.78, 5) is 17.6. The van der Waals surface area contributed by atoms with E-state index in [0.717, 1.165) is 13.0 Å². The highest BCUT2D eigenvalue weighted by molar-refractivity contribution is 14.0. The molecule has 1 heterocycles. The lowest BCUT2D eigenvalue weighted by molar-refractivity contribution is -0.119. The number of nitrogens with zero attached hydrogens (tertiary/aromatic N) is 1. The Labute approximate surface area is 176 Å². The first-order chi connectivity index (χ1) is 12.2. The van der Waals surface area contributed by atoms with E-state index in [2.05, 4.69) is 51.4 Å². The van der Waals surface area contributed by atoms with Gasteiger partial charge in [-0.1, -0.05) is 30.3 Å². The molecule has 0 saturated carbocycles. The lowest BCUT2D eigenvalue weighted by atomic mass is 10.1. The van der Waals surface area contributed by atoms with Crippen molar-refractivity contribution in [3.63, 3.8) is 0 Å². The quantitative estimate of drug-likeness (QED) is 0.305. The Morgan fingerprint density at radius 3 is 2.54 bits per heavy atom. The number of hydrogen-bond acceptors (Lipinski definition) is 3. The summed E-state index contributed by atoms with van der Waals surface area (Å²) < 4.78 is 0. The molecule has 0 fully saturated rings. The van der Waals surface area contributed by atoms with Gasteiger partial charge in [-0.05, 0) is 42.8 Å². The maximum absolute atomic E-state index is 12.0. The number of hydrogen-bond donors (Lipinski definition) is 3. The van der Waals surface area contributed by atoms with E-state index in [1.807, 2.05) is 25.1 Å². The van der Waals surface area contributed by atoms with Crippen LogP contribution in [0.3, 0.4) is 0 Å². The van der Waals surface area contributed by atoms with Crippen molar-refractivity contribution in [1.82, 2.24) is 16.0 Å². The Morgan fingerprint density at radius 2 is 1.88 bits per heavy atom. The molecule has 1 aromatic carbocycles. The molecule has 7 heteroatoms. The van der Waals surface area contributed by atoms with Crippen LogP contribution in [0, 0.1) is 6.92 Å². The minimum absolute atomic E-state index is 0. The molecule has 0 aliphatic carbocycles. The van der Waals surface area contributed by atoms with Crippen molar-refractivity contribution in [3.8, 4) is 0 Å². The highest BCUT2D eigenvalue weighted by Gasteiger charge is 2.04. The van der Waals surface area contributed by atoms with Gasteiger partial charge in [-0.15, -0.1) is 35.3 Å². The smallest absolute Gasteiger partial charge is 0.241 e. The monoisotopic (exact) mass is 486 g/mol. The van der Waals surface area contributed by atoms with E-state index in [4.69, 9.17) is 0 Å². The van der Waals surface area contributed by atoms with Gasteiger partial charge in [0.05, 0.1) is 6.54 Å². The molecule has 0 bridgehead atoms. The number of guanidine groups is 1. The highest BCUT2D eigenvalue weighted by atomic mass is 127. The number of carbonyl (C=O) groups excluding carboxylic acids is 1. The SMILES string of the molecule is CCNC(=NCC(=O)NCCc1ccccc1)NCc1sccc1C.I. The normalized spacial score (nSPS) is 10.8. The topological polar surface area (TPSA) is 65.5 Å². The zero-order valence-corrected chi connectivity index (χ0v) is 18.4. The van der Waals surface area contributed by atoms with E-state index in [1.165, 1.54) is 16.0 Å². The van der Waals surface area contributed by atoms with Crippen LogP contribution in [0.4, 0.5) is 0 Å². The van der Waals surface area contributed by atoms with Gasteiger partial charge in [-0.25, -0.2) is 4.99 Å². The second-order valence-corrected chi connectivity index (χ2v) is 6.66. The van der Waals surface area contributed by atoms with E-state index < -0.39 is 0 Å². The number of amides is 1. The lowest BCUT2D eigenvalue weighted by Crippen LogP contribution is -2.38. The molecular formula is C19H27IN4OS. The number of rotatable bonds is 8. The lowest BCUT2D eigenvalue weighted by Gasteiger charge is -2.11. The molecule has 1 aromatic heterocycles. The zero-order chi connectivity index (χ0) is 17.9. The molecule has 0 aliphatic rings. The summed E-state index contributed by atoms with van der Waals surface area (Å²) in [6.45, 7) is 6.31. The molecule has 5 nitrogen and oxygen atoms in total. The fourth-order valence-corrected chi connectivity index (χ4v) is 3.13. The first-order valence-electron chi connectivity index (χ1n) is 8.54. The summed E-state index contributed by atoms with van der Waals surface area (Å²) in [5.41, 5.74) is 2.49. The van der Waals surface area contributed by atoms with Gasteiger partial charge in [0.25, 0.3) is 0 Å². The molecule has 3 N–H and O–H groups in total. The van der Waals surface area contributed by atoms with Gasteiger partial charge in [0.15, 0.2) is 5.96 Å². The number of benzene rings is 1. The number of carbonyl (C=O) groups is 1. The number of nitrogens with one attached hydrogen (secondary N) is 3. The van der Waals surface area contributed by atoms with Gasteiger partial charge in [0, 0.05) is 18.0 Å². The van der Waals surface area contributed by atoms with Crippen LogP contribution >= 0.6 is 35.3 Å². The highest BCUT2D eigenvalue weighted by Crippen LogP contribution is 2.14. The van der Waals surface area contributed by atoms with Crippen LogP contribution in [0.25, 0.3) is 0 Å². The summed E-state index contributed by atoms with van der Waals surface area (Å²) >= 11 is 1.72. The maximum Gasteiger partial charge on any atom is 0.241 e. The van der Waals surface area contributed by atoms with Crippen molar-refractivity contribution in [2.45, 2.75) is 26.8 Å². The Balaban J connectivity index is 0.00000338. The summed E-state index contributed by atoms with van der Waals surface area (Å²) in [5, 5.41) is 11.4. The number of aliphatic imine (C=N–C) groups is 1. The third-order valence-corrected chi connectivity index (χ3v) is 4.71. The number of halogens is 1. The third kappa shape index (κ3) is 8.18. The summed E-state index contributed by atoms with van der Waals surface area (Å²) in [7, 11) is 0. The molecule has 26 heavy (non-hydrogen) atoms. The van der Waals surface area contributed by atoms with E-state index in [9.17, 15) is 4.79 Å². The first-order valence-corrected chi connectivity index (χ1v) is 9.42. The molecule has 142 valence electrons. The van der Waals surface area contributed by atoms with Crippen LogP contribution in [0.2, 0.25) is 0 Å². The van der Waals surface area contributed by atoms with Gasteiger partial charge in [-0.2, -0.15) is 0 Å². The van der Waals surface area contributed by atoms with Crippen LogP contribution in [0.1, 0.15) is 22.9 Å². The fraction of sp³-hybridized carbons (Fsp3) is 0.368. The van der Waals surface area contributed by atoms with E-state index >= 15 is 0 Å². The second-order valence-electron chi connectivity index (χ2n) is 5.66. The average Bonchev–Trinajstić information content (AvgIpc) is 3.03. The predicted octanol–water partition coefficient (Wildman–Crippen LogP) is 3.09. The van der Waals surface area contributed by atoms with Gasteiger partial charge >= 0.3 is 0 Å². The number of aryl methyl sites for hydroxylation is 1.